The van der Waals surface area contributed by atoms with Crippen molar-refractivity contribution in [3.8, 4) is 11.5 Å². The largest absolute Gasteiger partial charge is 0.508 e. The molecule has 1 aromatic rings. The number of aromatic hydroxyl groups is 1. The van der Waals surface area contributed by atoms with Gasteiger partial charge in [0.2, 0.25) is 0 Å². The number of carbonyl (C=O) groups excluding carboxylic acids is 1. The van der Waals surface area contributed by atoms with Gasteiger partial charge in [-0.3, -0.25) is 4.79 Å². The van der Waals surface area contributed by atoms with Crippen molar-refractivity contribution in [1.29, 1.82) is 0 Å². The number of phenols is 1. The maximum Gasteiger partial charge on any atom is 0.162 e. The van der Waals surface area contributed by atoms with Crippen molar-refractivity contribution in [3.05, 3.63) is 23.8 Å². The van der Waals surface area contributed by atoms with Crippen molar-refractivity contribution in [2.75, 3.05) is 6.61 Å². The van der Waals surface area contributed by atoms with E-state index in [-0.39, 0.29) is 11.5 Å². The van der Waals surface area contributed by atoms with Crippen molar-refractivity contribution in [2.24, 2.45) is 0 Å². The Morgan fingerprint density at radius 2 is 2.07 bits per heavy atom. The molecule has 3 heteroatoms. The summed E-state index contributed by atoms with van der Waals surface area (Å²) in [6.45, 7) is 4.15. The average Bonchev–Trinajstić information content (AvgIpc) is 2.16. The topological polar surface area (TPSA) is 46.5 Å². The van der Waals surface area contributed by atoms with E-state index in [1.54, 1.807) is 13.0 Å². The Kier molecular flexibility index (Phi) is 3.51. The molecule has 0 saturated heterocycles. The fourth-order valence-corrected chi connectivity index (χ4v) is 1.20. The van der Waals surface area contributed by atoms with Crippen LogP contribution in [-0.2, 0) is 0 Å². The first-order valence-corrected chi connectivity index (χ1v) is 4.67. The van der Waals surface area contributed by atoms with Crippen molar-refractivity contribution >= 4 is 5.78 Å². The summed E-state index contributed by atoms with van der Waals surface area (Å²) < 4.78 is 5.21. The highest BCUT2D eigenvalue weighted by molar-refractivity contribution is 5.96. The van der Waals surface area contributed by atoms with E-state index in [0.717, 1.165) is 0 Å². The number of phenolic OH excluding ortho intramolecular Hbond substituents is 1. The van der Waals surface area contributed by atoms with E-state index in [1.807, 2.05) is 6.92 Å². The van der Waals surface area contributed by atoms with E-state index < -0.39 is 0 Å². The summed E-state index contributed by atoms with van der Waals surface area (Å²) in [4.78, 5) is 11.4. The van der Waals surface area contributed by atoms with Crippen molar-refractivity contribution in [1.82, 2.24) is 0 Å². The predicted octanol–water partition coefficient (Wildman–Crippen LogP) is 2.38. The van der Waals surface area contributed by atoms with E-state index >= 15 is 0 Å². The van der Waals surface area contributed by atoms with E-state index in [9.17, 15) is 9.90 Å². The van der Waals surface area contributed by atoms with Gasteiger partial charge in [0, 0.05) is 18.1 Å². The normalized spacial score (nSPS) is 9.86. The minimum atomic E-state index is 0.00172. The monoisotopic (exact) mass is 194 g/mol. The van der Waals surface area contributed by atoms with Crippen molar-refractivity contribution < 1.29 is 14.6 Å². The zero-order valence-electron chi connectivity index (χ0n) is 8.41. The van der Waals surface area contributed by atoms with E-state index in [0.29, 0.717) is 24.3 Å². The summed E-state index contributed by atoms with van der Waals surface area (Å²) in [5, 5.41) is 9.33. The van der Waals surface area contributed by atoms with Gasteiger partial charge < -0.3 is 9.84 Å². The predicted molar refractivity (Wildman–Crippen MR) is 53.9 cm³/mol. The first-order valence-electron chi connectivity index (χ1n) is 4.67. The Morgan fingerprint density at radius 1 is 1.36 bits per heavy atom. The highest BCUT2D eigenvalue weighted by Crippen LogP contribution is 2.22. The Hall–Kier alpha value is -1.51. The van der Waals surface area contributed by atoms with Gasteiger partial charge in [-0.2, -0.15) is 0 Å². The Labute approximate surface area is 83.3 Å². The van der Waals surface area contributed by atoms with Crippen LogP contribution in [0.2, 0.25) is 0 Å². The number of ketones is 1. The molecule has 0 aliphatic heterocycles. The standard InChI is InChI=1S/C11H14O3/c1-3-11(13)8-5-9(12)7-10(6-8)14-4-2/h5-7,12H,3-4H2,1-2H3. The fraction of sp³-hybridized carbons (Fsp3) is 0.364. The molecule has 0 spiro atoms. The summed E-state index contributed by atoms with van der Waals surface area (Å²) in [5.74, 6) is 0.596. The second kappa shape index (κ2) is 4.65. The van der Waals surface area contributed by atoms with E-state index in [1.165, 1.54) is 12.1 Å². The van der Waals surface area contributed by atoms with E-state index in [2.05, 4.69) is 0 Å². The highest BCUT2D eigenvalue weighted by atomic mass is 16.5. The SMILES string of the molecule is CCOc1cc(O)cc(C(=O)CC)c1. The number of rotatable bonds is 4. The molecule has 1 rings (SSSR count). The number of hydrogen-bond acceptors (Lipinski definition) is 3. The van der Waals surface area contributed by atoms with Gasteiger partial charge >= 0.3 is 0 Å². The third-order valence-electron chi connectivity index (χ3n) is 1.85. The molecule has 0 saturated carbocycles. The maximum absolute atomic E-state index is 11.4. The molecule has 0 fully saturated rings. The van der Waals surface area contributed by atoms with Gasteiger partial charge in [0.15, 0.2) is 5.78 Å². The third kappa shape index (κ3) is 2.49. The van der Waals surface area contributed by atoms with Gasteiger partial charge in [0.25, 0.3) is 0 Å². The van der Waals surface area contributed by atoms with Crippen LogP contribution in [0.25, 0.3) is 0 Å². The van der Waals surface area contributed by atoms with Gasteiger partial charge in [-0.05, 0) is 19.1 Å². The minimum Gasteiger partial charge on any atom is -0.508 e. The number of Topliss-reactive ketones (excluding diaryl/α,β-unsaturated/α-hetero) is 1. The molecule has 0 aliphatic carbocycles. The first-order chi connectivity index (χ1) is 6.67. The first kappa shape index (κ1) is 10.6. The zero-order valence-corrected chi connectivity index (χ0v) is 8.41. The molecule has 0 aliphatic rings. The number of carbonyl (C=O) groups is 1. The number of ether oxygens (including phenoxy) is 1. The Balaban J connectivity index is 3.00. The lowest BCUT2D eigenvalue weighted by atomic mass is 10.1. The highest BCUT2D eigenvalue weighted by Gasteiger charge is 2.06. The molecule has 0 radical (unpaired) electrons. The van der Waals surface area contributed by atoms with Crippen LogP contribution in [0.4, 0.5) is 0 Å². The molecule has 1 aromatic carbocycles. The quantitative estimate of drug-likeness (QED) is 0.748. The van der Waals surface area contributed by atoms with Gasteiger partial charge in [-0.1, -0.05) is 6.92 Å². The minimum absolute atomic E-state index is 0.00172. The number of hydrogen-bond donors (Lipinski definition) is 1. The summed E-state index contributed by atoms with van der Waals surface area (Å²) in [5.41, 5.74) is 0.496. The lowest BCUT2D eigenvalue weighted by molar-refractivity contribution is 0.0987. The Morgan fingerprint density at radius 3 is 2.64 bits per heavy atom. The van der Waals surface area contributed by atoms with Crippen LogP contribution in [0.1, 0.15) is 30.6 Å². The second-order valence-electron chi connectivity index (χ2n) is 2.93. The Bertz CT molecular complexity index is 331. The van der Waals surface area contributed by atoms with Gasteiger partial charge in [-0.25, -0.2) is 0 Å². The molecule has 76 valence electrons. The van der Waals surface area contributed by atoms with Crippen LogP contribution in [0.5, 0.6) is 11.5 Å². The summed E-state index contributed by atoms with van der Waals surface area (Å²) in [6, 6.07) is 4.60. The summed E-state index contributed by atoms with van der Waals surface area (Å²) in [7, 11) is 0. The van der Waals surface area contributed by atoms with Crippen LogP contribution < -0.4 is 4.74 Å². The van der Waals surface area contributed by atoms with Crippen LogP contribution in [0.15, 0.2) is 18.2 Å². The lowest BCUT2D eigenvalue weighted by Gasteiger charge is -2.05. The van der Waals surface area contributed by atoms with Crippen LogP contribution in [-0.4, -0.2) is 17.5 Å². The van der Waals surface area contributed by atoms with Crippen molar-refractivity contribution in [3.63, 3.8) is 0 Å². The summed E-state index contributed by atoms with van der Waals surface area (Å²) >= 11 is 0. The molecule has 14 heavy (non-hydrogen) atoms. The van der Waals surface area contributed by atoms with E-state index in [4.69, 9.17) is 4.74 Å². The van der Waals surface area contributed by atoms with Crippen LogP contribution >= 0.6 is 0 Å². The lowest BCUT2D eigenvalue weighted by Crippen LogP contribution is -1.98. The zero-order chi connectivity index (χ0) is 10.6. The molecule has 0 atom stereocenters. The van der Waals surface area contributed by atoms with Crippen molar-refractivity contribution in [2.45, 2.75) is 20.3 Å². The molecule has 0 heterocycles. The molecule has 3 nitrogen and oxygen atoms in total. The molecular weight excluding hydrogens is 180 g/mol. The molecule has 0 bridgehead atoms. The second-order valence-corrected chi connectivity index (χ2v) is 2.93. The molecule has 1 N–H and O–H groups in total. The third-order valence-corrected chi connectivity index (χ3v) is 1.85. The molecule has 0 unspecified atom stereocenters. The number of benzene rings is 1. The smallest absolute Gasteiger partial charge is 0.162 e. The molecule has 0 aromatic heterocycles. The maximum atomic E-state index is 11.4. The van der Waals surface area contributed by atoms with Gasteiger partial charge in [0.1, 0.15) is 11.5 Å². The summed E-state index contributed by atoms with van der Waals surface area (Å²) in [6.07, 6.45) is 0.426. The molecule has 0 amide bonds. The van der Waals surface area contributed by atoms with Gasteiger partial charge in [-0.15, -0.1) is 0 Å². The van der Waals surface area contributed by atoms with Gasteiger partial charge in [0.05, 0.1) is 6.61 Å². The van der Waals surface area contributed by atoms with Crippen LogP contribution in [0.3, 0.4) is 0 Å². The van der Waals surface area contributed by atoms with Crippen LogP contribution in [0, 0.1) is 0 Å². The average molecular weight is 194 g/mol. The molecular formula is C11H14O3. The fourth-order valence-electron chi connectivity index (χ4n) is 1.20.